The van der Waals surface area contributed by atoms with Gasteiger partial charge in [-0.1, -0.05) is 19.9 Å². The second kappa shape index (κ2) is 8.03. The summed E-state index contributed by atoms with van der Waals surface area (Å²) in [6.07, 6.45) is 4.15. The Labute approximate surface area is 137 Å². The van der Waals surface area contributed by atoms with Crippen molar-refractivity contribution in [1.82, 2.24) is 15.2 Å². The summed E-state index contributed by atoms with van der Waals surface area (Å²) in [6, 6.07) is 8.38. The van der Waals surface area contributed by atoms with E-state index in [1.165, 1.54) is 4.88 Å². The van der Waals surface area contributed by atoms with Crippen LogP contribution in [0.1, 0.15) is 25.6 Å². The number of hydrogen-bond acceptors (Lipinski definition) is 2. The minimum absolute atomic E-state index is 0.0664. The van der Waals surface area contributed by atoms with E-state index in [0.717, 1.165) is 32.1 Å². The molecule has 5 heteroatoms. The van der Waals surface area contributed by atoms with Gasteiger partial charge in [0, 0.05) is 42.3 Å². The van der Waals surface area contributed by atoms with Crippen LogP contribution in [0.2, 0.25) is 0 Å². The monoisotopic (exact) mass is 318 g/mol. The standard InChI is InChI=1S/C17H26N4S/c1-4-18-16(19-9-12-21-10-5-6-11-21)20-14-17(2,3)15-8-7-13-22-15/h5-8,10-11,13H,4,9,12,14H2,1-3H3,(H2,18,19,20). The molecule has 0 saturated carbocycles. The molecule has 4 nitrogen and oxygen atoms in total. The molecule has 2 heterocycles. The first-order valence-corrected chi connectivity index (χ1v) is 8.67. The third kappa shape index (κ3) is 4.91. The highest BCUT2D eigenvalue weighted by Crippen LogP contribution is 2.27. The van der Waals surface area contributed by atoms with Crippen LogP contribution in [0, 0.1) is 0 Å². The Bertz CT molecular complexity index is 556. The second-order valence-electron chi connectivity index (χ2n) is 5.90. The Hall–Kier alpha value is -1.75. The normalized spacial score (nSPS) is 12.4. The topological polar surface area (TPSA) is 41.4 Å². The highest BCUT2D eigenvalue weighted by atomic mass is 32.1. The predicted octanol–water partition coefficient (Wildman–Crippen LogP) is 3.08. The van der Waals surface area contributed by atoms with Crippen LogP contribution in [0.5, 0.6) is 0 Å². The maximum Gasteiger partial charge on any atom is 0.191 e. The molecule has 22 heavy (non-hydrogen) atoms. The molecule has 2 aromatic rings. The maximum atomic E-state index is 4.75. The van der Waals surface area contributed by atoms with E-state index >= 15 is 0 Å². The van der Waals surface area contributed by atoms with Crippen molar-refractivity contribution in [3.8, 4) is 0 Å². The number of hydrogen-bond donors (Lipinski definition) is 2. The first kappa shape index (κ1) is 16.6. The zero-order valence-electron chi connectivity index (χ0n) is 13.7. The molecule has 2 aromatic heterocycles. The Morgan fingerprint density at radius 1 is 1.23 bits per heavy atom. The van der Waals surface area contributed by atoms with Crippen molar-refractivity contribution in [2.24, 2.45) is 4.99 Å². The molecule has 0 unspecified atom stereocenters. The van der Waals surface area contributed by atoms with Crippen molar-refractivity contribution >= 4 is 17.3 Å². The molecule has 0 amide bonds. The lowest BCUT2D eigenvalue weighted by Crippen LogP contribution is -2.39. The van der Waals surface area contributed by atoms with Gasteiger partial charge in [0.1, 0.15) is 0 Å². The van der Waals surface area contributed by atoms with Gasteiger partial charge < -0.3 is 15.2 Å². The first-order chi connectivity index (χ1) is 10.6. The molecule has 0 aromatic carbocycles. The summed E-state index contributed by atoms with van der Waals surface area (Å²) in [5.41, 5.74) is 0.0664. The molecule has 120 valence electrons. The Kier molecular flexibility index (Phi) is 6.07. The molecule has 0 fully saturated rings. The molecule has 0 spiro atoms. The average Bonchev–Trinajstić information content (AvgIpc) is 3.18. The van der Waals surface area contributed by atoms with Crippen LogP contribution >= 0.6 is 11.3 Å². The Balaban J connectivity index is 1.89. The van der Waals surface area contributed by atoms with Gasteiger partial charge in [0.15, 0.2) is 5.96 Å². The van der Waals surface area contributed by atoms with Crippen molar-refractivity contribution in [2.75, 3.05) is 19.6 Å². The van der Waals surface area contributed by atoms with Crippen molar-refractivity contribution in [2.45, 2.75) is 32.7 Å². The summed E-state index contributed by atoms with van der Waals surface area (Å²) in [4.78, 5) is 6.13. The fourth-order valence-corrected chi connectivity index (χ4v) is 3.03. The van der Waals surface area contributed by atoms with E-state index in [1.54, 1.807) is 11.3 Å². The molecule has 0 aliphatic heterocycles. The molecule has 0 radical (unpaired) electrons. The van der Waals surface area contributed by atoms with Crippen LogP contribution < -0.4 is 10.6 Å². The van der Waals surface area contributed by atoms with Crippen LogP contribution in [0.15, 0.2) is 47.0 Å². The molecule has 2 N–H and O–H groups in total. The van der Waals surface area contributed by atoms with Crippen LogP contribution in [0.3, 0.4) is 0 Å². The largest absolute Gasteiger partial charge is 0.357 e. The lowest BCUT2D eigenvalue weighted by atomic mass is 9.92. The summed E-state index contributed by atoms with van der Waals surface area (Å²) in [7, 11) is 0. The maximum absolute atomic E-state index is 4.75. The van der Waals surface area contributed by atoms with Gasteiger partial charge in [0.2, 0.25) is 0 Å². The summed E-state index contributed by atoms with van der Waals surface area (Å²) < 4.78 is 2.16. The van der Waals surface area contributed by atoms with E-state index in [4.69, 9.17) is 4.99 Å². The molecular formula is C17H26N4S. The SMILES string of the molecule is CCNC(=NCC(C)(C)c1cccs1)NCCn1cccc1. The number of nitrogens with one attached hydrogen (secondary N) is 2. The zero-order chi connectivity index (χ0) is 15.8. The van der Waals surface area contributed by atoms with Crippen LogP contribution in [-0.2, 0) is 12.0 Å². The van der Waals surface area contributed by atoms with Gasteiger partial charge in [-0.2, -0.15) is 0 Å². The molecule has 0 saturated heterocycles. The average molecular weight is 318 g/mol. The van der Waals surface area contributed by atoms with E-state index in [9.17, 15) is 0 Å². The third-order valence-electron chi connectivity index (χ3n) is 3.49. The highest BCUT2D eigenvalue weighted by Gasteiger charge is 2.21. The Morgan fingerprint density at radius 3 is 2.64 bits per heavy atom. The van der Waals surface area contributed by atoms with Crippen LogP contribution in [0.4, 0.5) is 0 Å². The predicted molar refractivity (Wildman–Crippen MR) is 95.8 cm³/mol. The number of aliphatic imine (C=N–C) groups is 1. The number of rotatable bonds is 7. The third-order valence-corrected chi connectivity index (χ3v) is 4.73. The molecule has 0 bridgehead atoms. The number of nitrogens with zero attached hydrogens (tertiary/aromatic N) is 2. The number of thiophene rings is 1. The molecule has 2 rings (SSSR count). The van der Waals surface area contributed by atoms with Crippen molar-refractivity contribution in [3.05, 3.63) is 46.9 Å². The molecule has 0 aliphatic rings. The van der Waals surface area contributed by atoms with E-state index in [0.29, 0.717) is 0 Å². The van der Waals surface area contributed by atoms with Crippen molar-refractivity contribution < 1.29 is 0 Å². The van der Waals surface area contributed by atoms with Crippen LogP contribution in [0.25, 0.3) is 0 Å². The quantitative estimate of drug-likeness (QED) is 0.608. The molecule has 0 atom stereocenters. The number of guanidine groups is 1. The van der Waals surface area contributed by atoms with Gasteiger partial charge in [-0.25, -0.2) is 0 Å². The van der Waals surface area contributed by atoms with Crippen LogP contribution in [-0.4, -0.2) is 30.2 Å². The van der Waals surface area contributed by atoms with Gasteiger partial charge in [-0.05, 0) is 30.5 Å². The van der Waals surface area contributed by atoms with Gasteiger partial charge in [-0.15, -0.1) is 11.3 Å². The Morgan fingerprint density at radius 2 is 2.00 bits per heavy atom. The summed E-state index contributed by atoms with van der Waals surface area (Å²) in [5.74, 6) is 0.888. The minimum Gasteiger partial charge on any atom is -0.357 e. The van der Waals surface area contributed by atoms with E-state index in [1.807, 2.05) is 12.1 Å². The highest BCUT2D eigenvalue weighted by molar-refractivity contribution is 7.10. The smallest absolute Gasteiger partial charge is 0.191 e. The fourth-order valence-electron chi connectivity index (χ4n) is 2.18. The molecular weight excluding hydrogens is 292 g/mol. The van der Waals surface area contributed by atoms with Gasteiger partial charge >= 0.3 is 0 Å². The van der Waals surface area contributed by atoms with Gasteiger partial charge in [0.05, 0.1) is 6.54 Å². The van der Waals surface area contributed by atoms with Crippen molar-refractivity contribution in [1.29, 1.82) is 0 Å². The van der Waals surface area contributed by atoms with Crippen molar-refractivity contribution in [3.63, 3.8) is 0 Å². The fraction of sp³-hybridized carbons (Fsp3) is 0.471. The van der Waals surface area contributed by atoms with E-state index < -0.39 is 0 Å². The minimum atomic E-state index is 0.0664. The summed E-state index contributed by atoms with van der Waals surface area (Å²) in [6.45, 7) is 10.0. The van der Waals surface area contributed by atoms with Gasteiger partial charge in [-0.3, -0.25) is 4.99 Å². The van der Waals surface area contributed by atoms with Gasteiger partial charge in [0.25, 0.3) is 0 Å². The lowest BCUT2D eigenvalue weighted by molar-refractivity contribution is 0.547. The van der Waals surface area contributed by atoms with E-state index in [-0.39, 0.29) is 5.41 Å². The summed E-state index contributed by atoms with van der Waals surface area (Å²) >= 11 is 1.80. The number of aromatic nitrogens is 1. The van der Waals surface area contributed by atoms with E-state index in [2.05, 4.69) is 65.9 Å². The zero-order valence-corrected chi connectivity index (χ0v) is 14.5. The second-order valence-corrected chi connectivity index (χ2v) is 6.85. The summed E-state index contributed by atoms with van der Waals surface area (Å²) in [5, 5.41) is 8.84. The lowest BCUT2D eigenvalue weighted by Gasteiger charge is -2.22. The first-order valence-electron chi connectivity index (χ1n) is 7.79. The molecule has 0 aliphatic carbocycles.